The number of rotatable bonds is 5. The number of hydrogen-bond donors (Lipinski definition) is 2. The van der Waals surface area contributed by atoms with E-state index in [1.54, 1.807) is 38.1 Å². The Hall–Kier alpha value is -1.88. The molecule has 1 aromatic rings. The van der Waals surface area contributed by atoms with Gasteiger partial charge in [-0.1, -0.05) is 13.0 Å². The van der Waals surface area contributed by atoms with E-state index in [2.05, 4.69) is 10.8 Å². The molecule has 0 unspecified atom stereocenters. The molecule has 0 spiro atoms. The molecule has 0 heterocycles. The highest BCUT2D eigenvalue weighted by Gasteiger charge is 2.06. The van der Waals surface area contributed by atoms with E-state index in [1.807, 2.05) is 0 Å². The molecule has 0 aromatic heterocycles. The normalized spacial score (nSPS) is 9.76. The van der Waals surface area contributed by atoms with E-state index in [-0.39, 0.29) is 11.8 Å². The van der Waals surface area contributed by atoms with Crippen molar-refractivity contribution >= 4 is 17.5 Å². The van der Waals surface area contributed by atoms with Crippen molar-refractivity contribution < 1.29 is 14.4 Å². The van der Waals surface area contributed by atoms with E-state index < -0.39 is 0 Å². The highest BCUT2D eigenvalue weighted by molar-refractivity contribution is 5.96. The number of benzene rings is 1. The third-order valence-electron chi connectivity index (χ3n) is 2.04. The molecule has 92 valence electrons. The molecule has 17 heavy (non-hydrogen) atoms. The molecule has 0 saturated carbocycles. The summed E-state index contributed by atoms with van der Waals surface area (Å²) in [5.41, 5.74) is 3.33. The van der Waals surface area contributed by atoms with Crippen LogP contribution in [0.15, 0.2) is 24.3 Å². The van der Waals surface area contributed by atoms with Crippen molar-refractivity contribution in [3.8, 4) is 0 Å². The first-order chi connectivity index (χ1) is 8.17. The van der Waals surface area contributed by atoms with Crippen LogP contribution in [0.2, 0.25) is 0 Å². The first-order valence-corrected chi connectivity index (χ1v) is 5.49. The van der Waals surface area contributed by atoms with Gasteiger partial charge in [0.2, 0.25) is 5.91 Å². The molecule has 2 N–H and O–H groups in total. The summed E-state index contributed by atoms with van der Waals surface area (Å²) in [7, 11) is 0. The van der Waals surface area contributed by atoms with Crippen LogP contribution in [-0.2, 0) is 9.63 Å². The van der Waals surface area contributed by atoms with Crippen molar-refractivity contribution in [3.05, 3.63) is 29.8 Å². The molecule has 5 heteroatoms. The maximum atomic E-state index is 11.6. The molecule has 0 aliphatic carbocycles. The van der Waals surface area contributed by atoms with Gasteiger partial charge >= 0.3 is 0 Å². The topological polar surface area (TPSA) is 67.4 Å². The summed E-state index contributed by atoms with van der Waals surface area (Å²) < 4.78 is 0. The zero-order chi connectivity index (χ0) is 12.7. The van der Waals surface area contributed by atoms with Crippen LogP contribution in [0, 0.1) is 0 Å². The summed E-state index contributed by atoms with van der Waals surface area (Å²) in [4.78, 5) is 27.6. The zero-order valence-corrected chi connectivity index (χ0v) is 9.95. The van der Waals surface area contributed by atoms with Crippen LogP contribution in [0.4, 0.5) is 5.69 Å². The van der Waals surface area contributed by atoms with E-state index in [0.29, 0.717) is 24.3 Å². The minimum atomic E-state index is -0.334. The Kier molecular flexibility index (Phi) is 5.16. The molecular weight excluding hydrogens is 220 g/mol. The maximum absolute atomic E-state index is 11.6. The van der Waals surface area contributed by atoms with Gasteiger partial charge in [0.1, 0.15) is 0 Å². The molecule has 1 aromatic carbocycles. The van der Waals surface area contributed by atoms with E-state index >= 15 is 0 Å². The highest BCUT2D eigenvalue weighted by Crippen LogP contribution is 2.10. The van der Waals surface area contributed by atoms with E-state index in [4.69, 9.17) is 4.84 Å². The second-order valence-corrected chi connectivity index (χ2v) is 3.35. The molecule has 0 saturated heterocycles. The lowest BCUT2D eigenvalue weighted by Crippen LogP contribution is -2.23. The lowest BCUT2D eigenvalue weighted by molar-refractivity contribution is -0.115. The van der Waals surface area contributed by atoms with Crippen molar-refractivity contribution in [2.45, 2.75) is 20.3 Å². The summed E-state index contributed by atoms with van der Waals surface area (Å²) in [6, 6.07) is 6.68. The monoisotopic (exact) mass is 236 g/mol. The number of hydrogen-bond acceptors (Lipinski definition) is 3. The summed E-state index contributed by atoms with van der Waals surface area (Å²) >= 11 is 0. The molecule has 0 bridgehead atoms. The number of carbonyl (C=O) groups is 2. The fourth-order valence-corrected chi connectivity index (χ4v) is 1.18. The van der Waals surface area contributed by atoms with Crippen LogP contribution in [0.25, 0.3) is 0 Å². The Labute approximate surface area is 100 Å². The largest absolute Gasteiger partial charge is 0.326 e. The van der Waals surface area contributed by atoms with E-state index in [0.717, 1.165) is 0 Å². The SMILES string of the molecule is CCONC(=O)c1cccc(NC(=O)CC)c1. The molecule has 0 radical (unpaired) electrons. The Morgan fingerprint density at radius 3 is 2.71 bits per heavy atom. The van der Waals surface area contributed by atoms with Gasteiger partial charge in [-0.05, 0) is 25.1 Å². The molecule has 5 nitrogen and oxygen atoms in total. The van der Waals surface area contributed by atoms with E-state index in [1.165, 1.54) is 0 Å². The smallest absolute Gasteiger partial charge is 0.274 e. The Bertz CT molecular complexity index is 404. The number of nitrogens with one attached hydrogen (secondary N) is 2. The molecule has 0 atom stereocenters. The van der Waals surface area contributed by atoms with Gasteiger partial charge < -0.3 is 5.32 Å². The molecule has 0 aliphatic heterocycles. The minimum absolute atomic E-state index is 0.0904. The second-order valence-electron chi connectivity index (χ2n) is 3.35. The van der Waals surface area contributed by atoms with Crippen LogP contribution in [0.3, 0.4) is 0 Å². The summed E-state index contributed by atoms with van der Waals surface area (Å²) in [5, 5.41) is 2.68. The Balaban J connectivity index is 2.71. The number of carbonyl (C=O) groups excluding carboxylic acids is 2. The van der Waals surface area contributed by atoms with Gasteiger partial charge in [0, 0.05) is 17.7 Å². The molecule has 1 rings (SSSR count). The Morgan fingerprint density at radius 2 is 2.06 bits per heavy atom. The predicted octanol–water partition coefficient (Wildman–Crippen LogP) is 1.72. The summed E-state index contributed by atoms with van der Waals surface area (Å²) in [6.07, 6.45) is 0.398. The summed E-state index contributed by atoms with van der Waals surface area (Å²) in [5.74, 6) is -0.424. The average molecular weight is 236 g/mol. The van der Waals surface area contributed by atoms with Crippen molar-refractivity contribution in [1.29, 1.82) is 0 Å². The third kappa shape index (κ3) is 4.24. The zero-order valence-electron chi connectivity index (χ0n) is 9.95. The second kappa shape index (κ2) is 6.65. The first kappa shape index (κ1) is 13.2. The fourth-order valence-electron chi connectivity index (χ4n) is 1.18. The highest BCUT2D eigenvalue weighted by atomic mass is 16.6. The van der Waals surface area contributed by atoms with Gasteiger partial charge in [-0.25, -0.2) is 5.48 Å². The van der Waals surface area contributed by atoms with Crippen molar-refractivity contribution in [2.75, 3.05) is 11.9 Å². The average Bonchev–Trinajstić information content (AvgIpc) is 2.36. The lowest BCUT2D eigenvalue weighted by Gasteiger charge is -2.07. The van der Waals surface area contributed by atoms with Crippen LogP contribution in [-0.4, -0.2) is 18.4 Å². The first-order valence-electron chi connectivity index (χ1n) is 5.49. The lowest BCUT2D eigenvalue weighted by atomic mass is 10.2. The van der Waals surface area contributed by atoms with Gasteiger partial charge in [0.25, 0.3) is 5.91 Å². The van der Waals surface area contributed by atoms with Crippen molar-refractivity contribution in [1.82, 2.24) is 5.48 Å². The van der Waals surface area contributed by atoms with Gasteiger partial charge in [-0.2, -0.15) is 0 Å². The van der Waals surface area contributed by atoms with E-state index in [9.17, 15) is 9.59 Å². The van der Waals surface area contributed by atoms with Gasteiger partial charge in [0.05, 0.1) is 6.61 Å². The number of hydroxylamine groups is 1. The molecule has 2 amide bonds. The molecular formula is C12H16N2O3. The van der Waals surface area contributed by atoms with Crippen LogP contribution in [0.5, 0.6) is 0 Å². The number of anilines is 1. The maximum Gasteiger partial charge on any atom is 0.274 e. The standard InChI is InChI=1S/C12H16N2O3/c1-3-11(15)13-10-7-5-6-9(8-10)12(16)14-17-4-2/h5-8H,3-4H2,1-2H3,(H,13,15)(H,14,16). The van der Waals surface area contributed by atoms with Crippen LogP contribution in [0.1, 0.15) is 30.6 Å². The fraction of sp³-hybridized carbons (Fsp3) is 0.333. The van der Waals surface area contributed by atoms with Gasteiger partial charge in [-0.15, -0.1) is 0 Å². The minimum Gasteiger partial charge on any atom is -0.326 e. The predicted molar refractivity (Wildman–Crippen MR) is 64.5 cm³/mol. The van der Waals surface area contributed by atoms with Crippen LogP contribution < -0.4 is 10.8 Å². The molecule has 0 aliphatic rings. The van der Waals surface area contributed by atoms with Gasteiger partial charge in [-0.3, -0.25) is 14.4 Å². The van der Waals surface area contributed by atoms with Crippen molar-refractivity contribution in [3.63, 3.8) is 0 Å². The quantitative estimate of drug-likeness (QED) is 0.765. The molecule has 0 fully saturated rings. The van der Waals surface area contributed by atoms with Gasteiger partial charge in [0.15, 0.2) is 0 Å². The van der Waals surface area contributed by atoms with Crippen molar-refractivity contribution in [2.24, 2.45) is 0 Å². The third-order valence-corrected chi connectivity index (χ3v) is 2.04. The summed E-state index contributed by atoms with van der Waals surface area (Å²) in [6.45, 7) is 3.94. The number of amides is 2. The van der Waals surface area contributed by atoms with Crippen LogP contribution >= 0.6 is 0 Å². The Morgan fingerprint density at radius 1 is 1.29 bits per heavy atom.